The van der Waals surface area contributed by atoms with Crippen LogP contribution in [0.25, 0.3) is 10.3 Å². The smallest absolute Gasteiger partial charge is 0.280 e. The Morgan fingerprint density at radius 2 is 1.91 bits per heavy atom. The van der Waals surface area contributed by atoms with Gasteiger partial charge in [-0.25, -0.2) is 18.4 Å². The molecule has 0 saturated carbocycles. The van der Waals surface area contributed by atoms with E-state index in [4.69, 9.17) is 19.0 Å². The fourth-order valence-corrected chi connectivity index (χ4v) is 6.48. The molecule has 234 valence electrons. The van der Waals surface area contributed by atoms with Crippen LogP contribution in [0.2, 0.25) is 0 Å². The molecular weight excluding hydrogens is 594 g/mol. The summed E-state index contributed by atoms with van der Waals surface area (Å²) in [4.78, 5) is 31.2. The van der Waals surface area contributed by atoms with E-state index in [9.17, 15) is 13.2 Å². The number of fused-ring (bicyclic) bond motifs is 1. The Balaban J connectivity index is 1.46. The third-order valence-electron chi connectivity index (χ3n) is 6.86. The summed E-state index contributed by atoms with van der Waals surface area (Å²) in [6.07, 6.45) is 1.65. The number of oxime groups is 1. The minimum Gasteiger partial charge on any atom is -0.478 e. The zero-order valence-corrected chi connectivity index (χ0v) is 26.4. The fourth-order valence-electron chi connectivity index (χ4n) is 4.37. The predicted molar refractivity (Wildman–Crippen MR) is 166 cm³/mol. The van der Waals surface area contributed by atoms with E-state index < -0.39 is 15.7 Å². The second kappa shape index (κ2) is 16.1. The zero-order valence-electron chi connectivity index (χ0n) is 24.8. The van der Waals surface area contributed by atoms with Gasteiger partial charge in [0.25, 0.3) is 5.91 Å². The number of nitrogens with one attached hydrogen (secondary N) is 1. The lowest BCUT2D eigenvalue weighted by atomic mass is 10.1. The molecule has 12 nitrogen and oxygen atoms in total. The molecule has 1 aliphatic heterocycles. The Morgan fingerprint density at radius 1 is 1.12 bits per heavy atom. The van der Waals surface area contributed by atoms with Gasteiger partial charge in [0.1, 0.15) is 10.3 Å². The molecule has 1 amide bonds. The van der Waals surface area contributed by atoms with E-state index in [-0.39, 0.29) is 22.5 Å². The lowest BCUT2D eigenvalue weighted by molar-refractivity contribution is -0.110. The van der Waals surface area contributed by atoms with Crippen molar-refractivity contribution >= 4 is 48.3 Å². The maximum Gasteiger partial charge on any atom is 0.280 e. The van der Waals surface area contributed by atoms with Gasteiger partial charge < -0.3 is 23.9 Å². The highest BCUT2D eigenvalue weighted by atomic mass is 32.2. The van der Waals surface area contributed by atoms with Crippen molar-refractivity contribution in [3.05, 3.63) is 42.0 Å². The number of ether oxygens (including phenoxy) is 3. The lowest BCUT2D eigenvalue weighted by Crippen LogP contribution is -2.25. The summed E-state index contributed by atoms with van der Waals surface area (Å²) >= 11 is 1.21. The molecule has 0 radical (unpaired) electrons. The van der Waals surface area contributed by atoms with Crippen LogP contribution in [0, 0.1) is 0 Å². The summed E-state index contributed by atoms with van der Waals surface area (Å²) < 4.78 is 41.5. The number of amides is 1. The van der Waals surface area contributed by atoms with Crippen molar-refractivity contribution in [3.8, 4) is 5.88 Å². The molecular formula is C29H39N5O7S2. The van der Waals surface area contributed by atoms with Crippen LogP contribution >= 0.6 is 11.3 Å². The number of hydrogen-bond donors (Lipinski definition) is 1. The maximum absolute atomic E-state index is 13.4. The molecule has 4 rings (SSSR count). The maximum atomic E-state index is 13.4. The Kier molecular flexibility index (Phi) is 12.2. The van der Waals surface area contributed by atoms with E-state index in [1.54, 1.807) is 24.3 Å². The summed E-state index contributed by atoms with van der Waals surface area (Å²) in [6, 6.07) is 9.58. The Labute approximate surface area is 256 Å². The number of aromatic nitrogens is 2. The molecule has 3 heterocycles. The van der Waals surface area contributed by atoms with Crippen LogP contribution in [0.15, 0.2) is 46.4 Å². The van der Waals surface area contributed by atoms with E-state index in [1.807, 2.05) is 0 Å². The molecule has 1 fully saturated rings. The molecule has 0 bridgehead atoms. The molecule has 0 spiro atoms. The number of benzene rings is 1. The average Bonchev–Trinajstić information content (AvgIpc) is 3.67. The van der Waals surface area contributed by atoms with Crippen molar-refractivity contribution < 1.29 is 32.3 Å². The van der Waals surface area contributed by atoms with E-state index in [1.165, 1.54) is 30.6 Å². The van der Waals surface area contributed by atoms with Crippen LogP contribution < -0.4 is 10.1 Å². The van der Waals surface area contributed by atoms with Crippen LogP contribution in [0.3, 0.4) is 0 Å². The van der Waals surface area contributed by atoms with Gasteiger partial charge in [0, 0.05) is 38.3 Å². The second-order valence-electron chi connectivity index (χ2n) is 9.90. The van der Waals surface area contributed by atoms with Gasteiger partial charge in [-0.3, -0.25) is 10.1 Å². The number of anilines is 1. The standard InChI is InChI=1S/C29H39N5O7S2/c1-4-34(5-2)15-6-17-40-25-13-12-24-28(31-25)42-29(30-24)32-27(35)26(33-41-22-14-18-39-20-22)21-8-10-23(11-9-21)43(36,37)19-7-16-38-3/h8-13,22H,4-7,14-20H2,1-3H3,(H,30,32,35)/b33-26+/t22-/m1/s1. The first-order valence-corrected chi connectivity index (χ1v) is 16.9. The number of methoxy groups -OCH3 is 1. The second-order valence-corrected chi connectivity index (χ2v) is 13.0. The molecule has 1 aromatic carbocycles. The van der Waals surface area contributed by atoms with Crippen molar-refractivity contribution in [2.24, 2.45) is 5.16 Å². The zero-order chi connectivity index (χ0) is 30.7. The van der Waals surface area contributed by atoms with E-state index in [0.717, 1.165) is 26.1 Å². The number of thiazole rings is 1. The SMILES string of the molecule is CCN(CC)CCCOc1ccc2nc(NC(=O)/C(=N/O[C@@H]3CCOC3)c3ccc(S(=O)(=O)CCCOC)cc3)sc2n1. The largest absolute Gasteiger partial charge is 0.478 e. The first-order valence-electron chi connectivity index (χ1n) is 14.4. The number of nitrogens with zero attached hydrogens (tertiary/aromatic N) is 4. The van der Waals surface area contributed by atoms with Gasteiger partial charge in [-0.15, -0.1) is 0 Å². The molecule has 0 aliphatic carbocycles. The van der Waals surface area contributed by atoms with Crippen LogP contribution in [-0.4, -0.2) is 99.9 Å². The Bertz CT molecular complexity index is 1470. The van der Waals surface area contributed by atoms with Gasteiger partial charge in [-0.1, -0.05) is 42.5 Å². The third kappa shape index (κ3) is 9.41. The van der Waals surface area contributed by atoms with Gasteiger partial charge in [-0.05, 0) is 44.1 Å². The Morgan fingerprint density at radius 3 is 2.60 bits per heavy atom. The number of carbonyl (C=O) groups excluding carboxylic acids is 1. The molecule has 1 saturated heterocycles. The molecule has 2 aromatic heterocycles. The molecule has 14 heteroatoms. The molecule has 0 unspecified atom stereocenters. The van der Waals surface area contributed by atoms with Crippen LogP contribution in [-0.2, 0) is 28.9 Å². The number of rotatable bonds is 17. The summed E-state index contributed by atoms with van der Waals surface area (Å²) in [7, 11) is -1.97. The van der Waals surface area contributed by atoms with E-state index >= 15 is 0 Å². The molecule has 1 atom stereocenters. The highest BCUT2D eigenvalue weighted by Gasteiger charge is 2.22. The normalized spacial score (nSPS) is 15.7. The van der Waals surface area contributed by atoms with Gasteiger partial charge in [0.2, 0.25) is 5.88 Å². The third-order valence-corrected chi connectivity index (χ3v) is 9.55. The highest BCUT2D eigenvalue weighted by Crippen LogP contribution is 2.27. The van der Waals surface area contributed by atoms with E-state index in [2.05, 4.69) is 39.2 Å². The first-order chi connectivity index (χ1) is 20.8. The van der Waals surface area contributed by atoms with Crippen molar-refractivity contribution in [3.63, 3.8) is 0 Å². The lowest BCUT2D eigenvalue weighted by Gasteiger charge is -2.17. The summed E-state index contributed by atoms with van der Waals surface area (Å²) in [6.45, 7) is 9.08. The van der Waals surface area contributed by atoms with E-state index in [0.29, 0.717) is 66.2 Å². The van der Waals surface area contributed by atoms with Gasteiger partial charge in [0.15, 0.2) is 26.8 Å². The van der Waals surface area contributed by atoms with Crippen molar-refractivity contribution in [2.45, 2.75) is 44.1 Å². The number of pyridine rings is 1. The van der Waals surface area contributed by atoms with Crippen molar-refractivity contribution in [1.82, 2.24) is 14.9 Å². The summed E-state index contributed by atoms with van der Waals surface area (Å²) in [5.41, 5.74) is 1.00. The topological polar surface area (TPSA) is 142 Å². The minimum absolute atomic E-state index is 0.0142. The quantitative estimate of drug-likeness (QED) is 0.133. The van der Waals surface area contributed by atoms with Gasteiger partial charge in [0.05, 0.1) is 30.5 Å². The first kappa shape index (κ1) is 32.7. The van der Waals surface area contributed by atoms with Gasteiger partial charge in [-0.2, -0.15) is 0 Å². The molecule has 1 aliphatic rings. The van der Waals surface area contributed by atoms with Crippen molar-refractivity contribution in [1.29, 1.82) is 0 Å². The fraction of sp³-hybridized carbons (Fsp3) is 0.517. The number of sulfone groups is 1. The minimum atomic E-state index is -3.50. The van der Waals surface area contributed by atoms with Crippen LogP contribution in [0.4, 0.5) is 5.13 Å². The molecule has 43 heavy (non-hydrogen) atoms. The van der Waals surface area contributed by atoms with Crippen molar-refractivity contribution in [2.75, 3.05) is 64.2 Å². The molecule has 3 aromatic rings. The highest BCUT2D eigenvalue weighted by molar-refractivity contribution is 7.91. The summed E-state index contributed by atoms with van der Waals surface area (Å²) in [5, 5.41) is 7.28. The number of carbonyl (C=O) groups is 1. The summed E-state index contributed by atoms with van der Waals surface area (Å²) in [5.74, 6) is -0.0944. The predicted octanol–water partition coefficient (Wildman–Crippen LogP) is 3.76. The average molecular weight is 634 g/mol. The van der Waals surface area contributed by atoms with Crippen LogP contribution in [0.5, 0.6) is 5.88 Å². The number of hydrogen-bond acceptors (Lipinski definition) is 12. The Hall–Kier alpha value is -3.17. The van der Waals surface area contributed by atoms with Crippen LogP contribution in [0.1, 0.15) is 38.7 Å². The van der Waals surface area contributed by atoms with Gasteiger partial charge >= 0.3 is 0 Å². The molecule has 1 N–H and O–H groups in total. The monoisotopic (exact) mass is 633 g/mol.